The Morgan fingerprint density at radius 1 is 1.45 bits per heavy atom. The van der Waals surface area contributed by atoms with Gasteiger partial charge in [0.2, 0.25) is 0 Å². The van der Waals surface area contributed by atoms with Gasteiger partial charge in [-0.2, -0.15) is 0 Å². The Bertz CT molecular complexity index is 423. The fourth-order valence-corrected chi connectivity index (χ4v) is 1.97. The van der Waals surface area contributed by atoms with E-state index < -0.39 is 18.1 Å². The van der Waals surface area contributed by atoms with Gasteiger partial charge in [-0.05, 0) is 12.6 Å². The number of aliphatic carboxylic acids is 1. The Kier molecular flexibility index (Phi) is 6.69. The number of aliphatic hydroxyl groups excluding tert-OH is 1. The third kappa shape index (κ3) is 5.38. The molecular formula is C14H19NO5. The SMILES string of the molecule is CN1C[C@H](O)C[C@H]1C(=O)O.O=COCc1ccccc1. The molecule has 0 unspecified atom stereocenters. The fourth-order valence-electron chi connectivity index (χ4n) is 1.97. The Labute approximate surface area is 117 Å². The quantitative estimate of drug-likeness (QED) is 0.781. The first-order chi connectivity index (χ1) is 9.54. The topological polar surface area (TPSA) is 87.1 Å². The third-order valence-electron chi connectivity index (χ3n) is 2.97. The molecule has 0 bridgehead atoms. The van der Waals surface area contributed by atoms with E-state index >= 15 is 0 Å². The maximum Gasteiger partial charge on any atom is 0.321 e. The molecule has 1 aliphatic heterocycles. The summed E-state index contributed by atoms with van der Waals surface area (Å²) in [5, 5.41) is 17.6. The second-order valence-electron chi connectivity index (χ2n) is 4.58. The second-order valence-corrected chi connectivity index (χ2v) is 4.58. The van der Waals surface area contributed by atoms with Crippen LogP contribution < -0.4 is 0 Å². The Morgan fingerprint density at radius 3 is 2.50 bits per heavy atom. The van der Waals surface area contributed by atoms with Crippen molar-refractivity contribution in [2.45, 2.75) is 25.2 Å². The predicted molar refractivity (Wildman–Crippen MR) is 72.0 cm³/mol. The zero-order chi connectivity index (χ0) is 15.0. The number of nitrogens with zero attached hydrogens (tertiary/aromatic N) is 1. The van der Waals surface area contributed by atoms with Gasteiger partial charge in [0.1, 0.15) is 12.6 Å². The molecule has 20 heavy (non-hydrogen) atoms. The number of carboxylic acids is 1. The van der Waals surface area contributed by atoms with Crippen LogP contribution in [0.4, 0.5) is 0 Å². The van der Waals surface area contributed by atoms with Gasteiger partial charge >= 0.3 is 5.97 Å². The Morgan fingerprint density at radius 2 is 2.10 bits per heavy atom. The molecule has 0 aromatic heterocycles. The standard InChI is InChI=1S/C8H8O2.C6H11NO3/c9-7-10-6-8-4-2-1-3-5-8;1-7-3-4(8)2-5(7)6(9)10/h1-5,7H,6H2;4-5,8H,2-3H2,1H3,(H,9,10)/t;4-,5+/m.1/s1. The van der Waals surface area contributed by atoms with Crippen LogP contribution in [0.15, 0.2) is 30.3 Å². The van der Waals surface area contributed by atoms with Gasteiger partial charge in [0, 0.05) is 13.0 Å². The lowest BCUT2D eigenvalue weighted by Crippen LogP contribution is -2.32. The minimum Gasteiger partial charge on any atom is -0.480 e. The van der Waals surface area contributed by atoms with Crippen LogP contribution >= 0.6 is 0 Å². The van der Waals surface area contributed by atoms with Crippen molar-refractivity contribution in [1.82, 2.24) is 4.90 Å². The largest absolute Gasteiger partial charge is 0.480 e. The first-order valence-corrected chi connectivity index (χ1v) is 6.25. The highest BCUT2D eigenvalue weighted by atomic mass is 16.5. The summed E-state index contributed by atoms with van der Waals surface area (Å²) in [5.41, 5.74) is 1.01. The van der Waals surface area contributed by atoms with Gasteiger partial charge in [-0.3, -0.25) is 14.5 Å². The molecule has 6 nitrogen and oxygen atoms in total. The molecule has 6 heteroatoms. The van der Waals surface area contributed by atoms with Crippen LogP contribution in [0.3, 0.4) is 0 Å². The summed E-state index contributed by atoms with van der Waals surface area (Å²) in [4.78, 5) is 21.8. The lowest BCUT2D eigenvalue weighted by atomic mass is 10.2. The monoisotopic (exact) mass is 281 g/mol. The van der Waals surface area contributed by atoms with E-state index in [2.05, 4.69) is 4.74 Å². The van der Waals surface area contributed by atoms with Gasteiger partial charge in [0.05, 0.1) is 6.10 Å². The summed E-state index contributed by atoms with van der Waals surface area (Å²) in [6, 6.07) is 9.06. The van der Waals surface area contributed by atoms with Crippen LogP contribution in [-0.2, 0) is 20.9 Å². The minimum atomic E-state index is -0.848. The molecule has 0 radical (unpaired) electrons. The number of hydrogen-bond acceptors (Lipinski definition) is 5. The van der Waals surface area contributed by atoms with Gasteiger partial charge in [0.15, 0.2) is 0 Å². The second kappa shape index (κ2) is 8.29. The van der Waals surface area contributed by atoms with Crippen LogP contribution in [0.2, 0.25) is 0 Å². The number of likely N-dealkylation sites (N-methyl/N-ethyl adjacent to an activating group) is 1. The van der Waals surface area contributed by atoms with Crippen LogP contribution in [0.5, 0.6) is 0 Å². The van der Waals surface area contributed by atoms with Crippen molar-refractivity contribution in [2.24, 2.45) is 0 Å². The molecule has 0 amide bonds. The Hall–Kier alpha value is -1.92. The van der Waals surface area contributed by atoms with Crippen LogP contribution in [0, 0.1) is 0 Å². The molecule has 1 aromatic rings. The van der Waals surface area contributed by atoms with Gasteiger partial charge < -0.3 is 14.9 Å². The molecule has 1 saturated heterocycles. The van der Waals surface area contributed by atoms with Gasteiger partial charge in [0.25, 0.3) is 6.47 Å². The number of carboxylic acid groups (broad SMARTS) is 1. The molecule has 1 aromatic carbocycles. The summed E-state index contributed by atoms with van der Waals surface area (Å²) in [7, 11) is 1.70. The molecule has 2 atom stereocenters. The number of benzene rings is 1. The summed E-state index contributed by atoms with van der Waals surface area (Å²) < 4.78 is 4.54. The van der Waals surface area contributed by atoms with Crippen molar-refractivity contribution in [3.8, 4) is 0 Å². The highest BCUT2D eigenvalue weighted by molar-refractivity contribution is 5.73. The summed E-state index contributed by atoms with van der Waals surface area (Å²) in [5.74, 6) is -0.848. The van der Waals surface area contributed by atoms with Crippen LogP contribution in [0.1, 0.15) is 12.0 Å². The average molecular weight is 281 g/mol. The molecule has 2 N–H and O–H groups in total. The van der Waals surface area contributed by atoms with Crippen LogP contribution in [0.25, 0.3) is 0 Å². The number of rotatable bonds is 4. The van der Waals surface area contributed by atoms with Gasteiger partial charge in [-0.15, -0.1) is 0 Å². The number of carbonyl (C=O) groups excluding carboxylic acids is 1. The maximum atomic E-state index is 10.4. The van der Waals surface area contributed by atoms with E-state index in [4.69, 9.17) is 10.2 Å². The summed E-state index contributed by atoms with van der Waals surface area (Å²) >= 11 is 0. The van der Waals surface area contributed by atoms with Crippen molar-refractivity contribution in [3.05, 3.63) is 35.9 Å². The first-order valence-electron chi connectivity index (χ1n) is 6.25. The smallest absolute Gasteiger partial charge is 0.321 e. The molecule has 1 fully saturated rings. The number of aliphatic hydroxyl groups is 1. The molecule has 1 aliphatic rings. The molecule has 0 spiro atoms. The van der Waals surface area contributed by atoms with Gasteiger partial charge in [-0.25, -0.2) is 0 Å². The van der Waals surface area contributed by atoms with Crippen molar-refractivity contribution < 1.29 is 24.5 Å². The van der Waals surface area contributed by atoms with Crippen LogP contribution in [-0.4, -0.2) is 53.3 Å². The normalized spacial score (nSPS) is 21.7. The van der Waals surface area contributed by atoms with E-state index in [9.17, 15) is 9.59 Å². The van der Waals surface area contributed by atoms with E-state index in [1.165, 1.54) is 0 Å². The summed E-state index contributed by atoms with van der Waals surface area (Å²) in [6.45, 7) is 1.29. The third-order valence-corrected chi connectivity index (χ3v) is 2.97. The number of carbonyl (C=O) groups is 2. The fraction of sp³-hybridized carbons (Fsp3) is 0.429. The zero-order valence-electron chi connectivity index (χ0n) is 11.3. The van der Waals surface area contributed by atoms with E-state index in [1.807, 2.05) is 30.3 Å². The lowest BCUT2D eigenvalue weighted by Gasteiger charge is -2.12. The Balaban J connectivity index is 0.000000200. The molecule has 0 aliphatic carbocycles. The number of hydrogen-bond donors (Lipinski definition) is 2. The molecule has 0 saturated carbocycles. The summed E-state index contributed by atoms with van der Waals surface area (Å²) in [6.07, 6.45) is -0.114. The van der Waals surface area contributed by atoms with Crippen molar-refractivity contribution in [3.63, 3.8) is 0 Å². The van der Waals surface area contributed by atoms with E-state index in [-0.39, 0.29) is 0 Å². The van der Waals surface area contributed by atoms with Crippen molar-refractivity contribution >= 4 is 12.4 Å². The minimum absolute atomic E-state index is 0.353. The number of likely N-dealkylation sites (tertiary alicyclic amines) is 1. The maximum absolute atomic E-state index is 10.4. The van der Waals surface area contributed by atoms with E-state index in [0.29, 0.717) is 26.0 Å². The van der Waals surface area contributed by atoms with E-state index in [1.54, 1.807) is 11.9 Å². The highest BCUT2D eigenvalue weighted by Gasteiger charge is 2.32. The zero-order valence-corrected chi connectivity index (χ0v) is 11.3. The van der Waals surface area contributed by atoms with Gasteiger partial charge in [-0.1, -0.05) is 30.3 Å². The molecular weight excluding hydrogens is 262 g/mol. The average Bonchev–Trinajstić information content (AvgIpc) is 2.77. The lowest BCUT2D eigenvalue weighted by molar-refractivity contribution is -0.141. The van der Waals surface area contributed by atoms with Crippen molar-refractivity contribution in [2.75, 3.05) is 13.6 Å². The first kappa shape index (κ1) is 16.1. The number of ether oxygens (including phenoxy) is 1. The molecule has 110 valence electrons. The molecule has 1 heterocycles. The van der Waals surface area contributed by atoms with Crippen molar-refractivity contribution in [1.29, 1.82) is 0 Å². The van der Waals surface area contributed by atoms with E-state index in [0.717, 1.165) is 5.56 Å². The highest BCUT2D eigenvalue weighted by Crippen LogP contribution is 2.14. The predicted octanol–water partition coefficient (Wildman–Crippen LogP) is 0.496. The number of β-amino-alcohol motifs (C(OH)–C–C–N with tert-alkyl or cyclic N) is 1. The molecule has 2 rings (SSSR count).